The smallest absolute Gasteiger partial charge is 0.261 e. The van der Waals surface area contributed by atoms with Gasteiger partial charge in [-0.05, 0) is 49.6 Å². The Morgan fingerprint density at radius 3 is 2.81 bits per heavy atom. The Morgan fingerprint density at radius 2 is 2.00 bits per heavy atom. The van der Waals surface area contributed by atoms with Gasteiger partial charge < -0.3 is 18.8 Å². The summed E-state index contributed by atoms with van der Waals surface area (Å²) in [6, 6.07) is 13.2. The zero-order valence-electron chi connectivity index (χ0n) is 17.4. The number of halogens is 1. The SMILES string of the molecule is COc1ccccc1Cc1cnc(C2CCCCN2C(=O)COc2ccc(F)cc2)o1. The number of hydrogen-bond acceptors (Lipinski definition) is 5. The van der Waals surface area contributed by atoms with Crippen molar-refractivity contribution in [3.05, 3.63) is 77.8 Å². The molecule has 2 heterocycles. The number of aromatic nitrogens is 1. The molecule has 1 saturated heterocycles. The molecule has 7 heteroatoms. The highest BCUT2D eigenvalue weighted by Gasteiger charge is 2.31. The molecule has 1 atom stereocenters. The number of carbonyl (C=O) groups excluding carboxylic acids is 1. The summed E-state index contributed by atoms with van der Waals surface area (Å²) >= 11 is 0. The monoisotopic (exact) mass is 424 g/mol. The van der Waals surface area contributed by atoms with Gasteiger partial charge in [-0.1, -0.05) is 18.2 Å². The van der Waals surface area contributed by atoms with E-state index in [0.29, 0.717) is 24.6 Å². The standard InChI is InChI=1S/C24H25FN2O4/c1-29-22-8-3-2-6-17(22)14-20-15-26-24(31-20)21-7-4-5-13-27(21)23(28)16-30-19-11-9-18(25)10-12-19/h2-3,6,8-12,15,21H,4-5,7,13-14,16H2,1H3. The summed E-state index contributed by atoms with van der Waals surface area (Å²) in [5, 5.41) is 0. The number of para-hydroxylation sites is 1. The Balaban J connectivity index is 1.43. The Hall–Kier alpha value is -3.35. The Kier molecular flexibility index (Phi) is 6.50. The molecule has 1 aliphatic rings. The van der Waals surface area contributed by atoms with E-state index in [-0.39, 0.29) is 24.4 Å². The van der Waals surface area contributed by atoms with Crippen LogP contribution in [0.25, 0.3) is 0 Å². The summed E-state index contributed by atoms with van der Waals surface area (Å²) in [5.74, 6) is 2.03. The molecule has 2 aromatic carbocycles. The Labute approximate surface area is 180 Å². The lowest BCUT2D eigenvalue weighted by Gasteiger charge is -2.33. The number of rotatable bonds is 7. The molecule has 0 N–H and O–H groups in total. The number of hydrogen-bond donors (Lipinski definition) is 0. The number of nitrogens with zero attached hydrogens (tertiary/aromatic N) is 2. The maximum atomic E-state index is 13.0. The zero-order valence-corrected chi connectivity index (χ0v) is 17.4. The van der Waals surface area contributed by atoms with Crippen LogP contribution in [0.1, 0.15) is 42.5 Å². The van der Waals surface area contributed by atoms with Gasteiger partial charge in [0.1, 0.15) is 29.1 Å². The second-order valence-corrected chi connectivity index (χ2v) is 7.49. The van der Waals surface area contributed by atoms with Crippen molar-refractivity contribution in [2.75, 3.05) is 20.3 Å². The second kappa shape index (κ2) is 9.64. The molecule has 1 aromatic heterocycles. The molecule has 1 aliphatic heterocycles. The van der Waals surface area contributed by atoms with Gasteiger partial charge in [0.25, 0.3) is 5.91 Å². The molecule has 31 heavy (non-hydrogen) atoms. The highest BCUT2D eigenvalue weighted by atomic mass is 19.1. The molecular formula is C24H25FN2O4. The third kappa shape index (κ3) is 5.05. The molecular weight excluding hydrogens is 399 g/mol. The summed E-state index contributed by atoms with van der Waals surface area (Å²) in [6.07, 6.45) is 4.99. The Bertz CT molecular complexity index is 1020. The predicted molar refractivity (Wildman–Crippen MR) is 113 cm³/mol. The third-order valence-corrected chi connectivity index (χ3v) is 5.41. The van der Waals surface area contributed by atoms with Crippen molar-refractivity contribution in [3.63, 3.8) is 0 Å². The number of amides is 1. The van der Waals surface area contributed by atoms with Gasteiger partial charge in [0, 0.05) is 18.5 Å². The van der Waals surface area contributed by atoms with Gasteiger partial charge in [0.05, 0.1) is 13.3 Å². The molecule has 3 aromatic rings. The minimum absolute atomic E-state index is 0.114. The normalized spacial score (nSPS) is 16.2. The zero-order chi connectivity index (χ0) is 21.6. The van der Waals surface area contributed by atoms with Crippen LogP contribution in [0.3, 0.4) is 0 Å². The van der Waals surface area contributed by atoms with Gasteiger partial charge >= 0.3 is 0 Å². The van der Waals surface area contributed by atoms with E-state index in [9.17, 15) is 9.18 Å². The van der Waals surface area contributed by atoms with E-state index in [1.165, 1.54) is 24.3 Å². The minimum atomic E-state index is -0.345. The predicted octanol–water partition coefficient (Wildman–Crippen LogP) is 4.55. The number of methoxy groups -OCH3 is 1. The first-order valence-corrected chi connectivity index (χ1v) is 10.4. The number of benzene rings is 2. The summed E-state index contributed by atoms with van der Waals surface area (Å²) in [5.41, 5.74) is 1.01. The summed E-state index contributed by atoms with van der Waals surface area (Å²) < 4.78 is 30.0. The summed E-state index contributed by atoms with van der Waals surface area (Å²) in [7, 11) is 1.64. The van der Waals surface area contributed by atoms with E-state index in [1.807, 2.05) is 24.3 Å². The summed E-state index contributed by atoms with van der Waals surface area (Å²) in [6.45, 7) is 0.511. The average molecular weight is 424 g/mol. The first kappa shape index (κ1) is 20.9. The molecule has 0 aliphatic carbocycles. The van der Waals surface area contributed by atoms with Crippen molar-refractivity contribution in [1.82, 2.24) is 9.88 Å². The second-order valence-electron chi connectivity index (χ2n) is 7.49. The largest absolute Gasteiger partial charge is 0.496 e. The van der Waals surface area contributed by atoms with Gasteiger partial charge in [-0.2, -0.15) is 0 Å². The van der Waals surface area contributed by atoms with Crippen molar-refractivity contribution < 1.29 is 23.1 Å². The fourth-order valence-electron chi connectivity index (χ4n) is 3.84. The highest BCUT2D eigenvalue weighted by molar-refractivity contribution is 5.78. The molecule has 0 saturated carbocycles. The van der Waals surface area contributed by atoms with E-state index >= 15 is 0 Å². The Morgan fingerprint density at radius 1 is 1.19 bits per heavy atom. The third-order valence-electron chi connectivity index (χ3n) is 5.41. The van der Waals surface area contributed by atoms with Crippen LogP contribution in [-0.4, -0.2) is 36.1 Å². The fourth-order valence-corrected chi connectivity index (χ4v) is 3.84. The van der Waals surface area contributed by atoms with Crippen LogP contribution >= 0.6 is 0 Å². The highest BCUT2D eigenvalue weighted by Crippen LogP contribution is 2.31. The maximum absolute atomic E-state index is 13.0. The molecule has 1 fully saturated rings. The van der Waals surface area contributed by atoms with E-state index in [2.05, 4.69) is 4.98 Å². The number of carbonyl (C=O) groups is 1. The quantitative estimate of drug-likeness (QED) is 0.557. The summed E-state index contributed by atoms with van der Waals surface area (Å²) in [4.78, 5) is 19.1. The van der Waals surface area contributed by atoms with Crippen LogP contribution in [0.15, 0.2) is 59.1 Å². The van der Waals surface area contributed by atoms with Crippen molar-refractivity contribution in [1.29, 1.82) is 0 Å². The lowest BCUT2D eigenvalue weighted by molar-refractivity contribution is -0.137. The van der Waals surface area contributed by atoms with E-state index in [0.717, 1.165) is 36.3 Å². The van der Waals surface area contributed by atoms with Gasteiger partial charge in [-0.15, -0.1) is 0 Å². The van der Waals surface area contributed by atoms with Crippen LogP contribution in [0, 0.1) is 5.82 Å². The van der Waals surface area contributed by atoms with Gasteiger partial charge in [0.15, 0.2) is 6.61 Å². The van der Waals surface area contributed by atoms with Crippen molar-refractivity contribution in [3.8, 4) is 11.5 Å². The number of likely N-dealkylation sites (tertiary alicyclic amines) is 1. The fraction of sp³-hybridized carbons (Fsp3) is 0.333. The van der Waals surface area contributed by atoms with Crippen LogP contribution in [0.2, 0.25) is 0 Å². The first-order chi connectivity index (χ1) is 15.1. The topological polar surface area (TPSA) is 64.8 Å². The first-order valence-electron chi connectivity index (χ1n) is 10.4. The van der Waals surface area contributed by atoms with Gasteiger partial charge in [0.2, 0.25) is 5.89 Å². The molecule has 0 radical (unpaired) electrons. The number of piperidine rings is 1. The van der Waals surface area contributed by atoms with E-state index in [4.69, 9.17) is 13.9 Å². The van der Waals surface area contributed by atoms with E-state index < -0.39 is 0 Å². The maximum Gasteiger partial charge on any atom is 0.261 e. The molecule has 0 bridgehead atoms. The van der Waals surface area contributed by atoms with Crippen LogP contribution < -0.4 is 9.47 Å². The lowest BCUT2D eigenvalue weighted by Crippen LogP contribution is -2.41. The molecule has 6 nitrogen and oxygen atoms in total. The minimum Gasteiger partial charge on any atom is -0.496 e. The van der Waals surface area contributed by atoms with Crippen molar-refractivity contribution in [2.24, 2.45) is 0 Å². The van der Waals surface area contributed by atoms with Gasteiger partial charge in [-0.3, -0.25) is 4.79 Å². The van der Waals surface area contributed by atoms with Crippen molar-refractivity contribution >= 4 is 5.91 Å². The average Bonchev–Trinajstić information content (AvgIpc) is 3.27. The van der Waals surface area contributed by atoms with Crippen LogP contribution in [-0.2, 0) is 11.2 Å². The molecule has 1 unspecified atom stereocenters. The van der Waals surface area contributed by atoms with E-state index in [1.54, 1.807) is 18.2 Å². The molecule has 0 spiro atoms. The molecule has 162 valence electrons. The number of ether oxygens (including phenoxy) is 2. The van der Waals surface area contributed by atoms with Gasteiger partial charge in [-0.25, -0.2) is 9.37 Å². The van der Waals surface area contributed by atoms with Crippen LogP contribution in [0.5, 0.6) is 11.5 Å². The van der Waals surface area contributed by atoms with Crippen LogP contribution in [0.4, 0.5) is 4.39 Å². The molecule has 4 rings (SSSR count). The van der Waals surface area contributed by atoms with Crippen molar-refractivity contribution in [2.45, 2.75) is 31.7 Å². The number of oxazole rings is 1. The lowest BCUT2D eigenvalue weighted by atomic mass is 10.0. The molecule has 1 amide bonds.